The summed E-state index contributed by atoms with van der Waals surface area (Å²) in [5, 5.41) is 4.80. The quantitative estimate of drug-likeness (QED) is 0.859. The van der Waals surface area contributed by atoms with Crippen molar-refractivity contribution in [3.05, 3.63) is 41.7 Å². The molecule has 5 nitrogen and oxygen atoms in total. The Morgan fingerprint density at radius 1 is 0.960 bits per heavy atom. The van der Waals surface area contributed by atoms with Crippen LogP contribution in [0.3, 0.4) is 0 Å². The fraction of sp³-hybridized carbons (Fsp3) is 0.579. The molecule has 2 aliphatic heterocycles. The summed E-state index contributed by atoms with van der Waals surface area (Å²) >= 11 is 0. The first-order valence-electron chi connectivity index (χ1n) is 9.16. The molecular weight excluding hydrogens is 321 g/mol. The predicted octanol–water partition coefficient (Wildman–Crippen LogP) is 3.05. The van der Waals surface area contributed by atoms with Crippen molar-refractivity contribution >= 4 is 0 Å². The van der Waals surface area contributed by atoms with E-state index in [1.807, 2.05) is 4.68 Å². The number of rotatable bonds is 3. The fourth-order valence-electron chi connectivity index (χ4n) is 4.49. The molecule has 1 aliphatic carbocycles. The second-order valence-electron chi connectivity index (χ2n) is 7.50. The molecule has 0 bridgehead atoms. The minimum Gasteiger partial charge on any atom is -0.381 e. The average molecular weight is 343 g/mol. The van der Waals surface area contributed by atoms with Gasteiger partial charge in [-0.2, -0.15) is 5.10 Å². The molecule has 1 aromatic heterocycles. The lowest BCUT2D eigenvalue weighted by atomic mass is 10.0. The fourth-order valence-corrected chi connectivity index (χ4v) is 4.49. The molecule has 0 amide bonds. The third kappa shape index (κ3) is 2.77. The van der Waals surface area contributed by atoms with Gasteiger partial charge in [-0.15, -0.1) is 0 Å². The van der Waals surface area contributed by atoms with Crippen LogP contribution in [-0.2, 0) is 9.47 Å². The van der Waals surface area contributed by atoms with Gasteiger partial charge in [-0.1, -0.05) is 0 Å². The topological polar surface area (TPSA) is 49.2 Å². The number of ether oxygens (including phenoxy) is 2. The van der Waals surface area contributed by atoms with E-state index in [9.17, 15) is 4.39 Å². The zero-order valence-electron chi connectivity index (χ0n) is 14.1. The Labute approximate surface area is 146 Å². The van der Waals surface area contributed by atoms with E-state index in [2.05, 4.69) is 0 Å². The van der Waals surface area contributed by atoms with Gasteiger partial charge in [0.25, 0.3) is 0 Å². The summed E-state index contributed by atoms with van der Waals surface area (Å²) in [6.45, 7) is 3.21. The van der Waals surface area contributed by atoms with Gasteiger partial charge in [-0.3, -0.25) is 0 Å². The number of halogens is 1. The van der Waals surface area contributed by atoms with Crippen LogP contribution >= 0.6 is 0 Å². The highest BCUT2D eigenvalue weighted by Gasteiger charge is 2.41. The van der Waals surface area contributed by atoms with E-state index >= 15 is 0 Å². The number of fused-ring (bicyclic) bond motifs is 1. The molecule has 1 saturated carbocycles. The van der Waals surface area contributed by atoms with Crippen molar-refractivity contribution in [3.63, 3.8) is 0 Å². The van der Waals surface area contributed by atoms with Gasteiger partial charge in [-0.25, -0.2) is 14.1 Å². The van der Waals surface area contributed by atoms with Crippen LogP contribution in [0.2, 0.25) is 0 Å². The van der Waals surface area contributed by atoms with Crippen LogP contribution in [-0.4, -0.2) is 41.2 Å². The molecule has 0 spiro atoms. The van der Waals surface area contributed by atoms with Crippen molar-refractivity contribution in [1.82, 2.24) is 14.8 Å². The zero-order valence-corrected chi connectivity index (χ0v) is 14.1. The maximum absolute atomic E-state index is 13.3. The molecule has 3 heterocycles. The number of hydrogen-bond acceptors (Lipinski definition) is 4. The molecule has 6 heteroatoms. The van der Waals surface area contributed by atoms with E-state index in [0.717, 1.165) is 56.4 Å². The SMILES string of the molecule is Fc1ccc(-n2nc(C3CCOC3)nc2C2C[C@@H]3COC[C@H]3C2)cc1. The molecule has 1 unspecified atom stereocenters. The van der Waals surface area contributed by atoms with Crippen LogP contribution in [0.25, 0.3) is 5.69 Å². The van der Waals surface area contributed by atoms with Gasteiger partial charge in [0.15, 0.2) is 5.82 Å². The molecule has 2 saturated heterocycles. The van der Waals surface area contributed by atoms with Gasteiger partial charge in [0.2, 0.25) is 0 Å². The second-order valence-corrected chi connectivity index (χ2v) is 7.50. The average Bonchev–Trinajstić information content (AvgIpc) is 3.37. The summed E-state index contributed by atoms with van der Waals surface area (Å²) < 4.78 is 26.4. The van der Waals surface area contributed by atoms with Gasteiger partial charge in [0, 0.05) is 31.7 Å². The van der Waals surface area contributed by atoms with E-state index in [1.54, 1.807) is 12.1 Å². The Hall–Kier alpha value is -1.79. The van der Waals surface area contributed by atoms with E-state index < -0.39 is 0 Å². The number of benzene rings is 1. The van der Waals surface area contributed by atoms with Gasteiger partial charge in [0.1, 0.15) is 11.6 Å². The summed E-state index contributed by atoms with van der Waals surface area (Å²) in [6.07, 6.45) is 3.17. The molecule has 2 aromatic rings. The third-order valence-corrected chi connectivity index (χ3v) is 5.88. The van der Waals surface area contributed by atoms with Crippen molar-refractivity contribution in [3.8, 4) is 5.69 Å². The summed E-state index contributed by atoms with van der Waals surface area (Å²) in [4.78, 5) is 4.94. The maximum Gasteiger partial charge on any atom is 0.156 e. The Kier molecular flexibility index (Phi) is 3.82. The monoisotopic (exact) mass is 343 g/mol. The molecule has 3 aliphatic rings. The molecule has 3 fully saturated rings. The van der Waals surface area contributed by atoms with Gasteiger partial charge in [-0.05, 0) is 55.4 Å². The molecular formula is C19H22FN3O2. The van der Waals surface area contributed by atoms with Crippen molar-refractivity contribution in [2.75, 3.05) is 26.4 Å². The minimum atomic E-state index is -0.234. The van der Waals surface area contributed by atoms with E-state index in [0.29, 0.717) is 24.4 Å². The first kappa shape index (κ1) is 15.5. The predicted molar refractivity (Wildman–Crippen MR) is 89.3 cm³/mol. The molecule has 1 aromatic carbocycles. The van der Waals surface area contributed by atoms with Gasteiger partial charge in [0.05, 0.1) is 12.3 Å². The van der Waals surface area contributed by atoms with Crippen molar-refractivity contribution in [2.45, 2.75) is 31.1 Å². The van der Waals surface area contributed by atoms with Crippen molar-refractivity contribution in [2.24, 2.45) is 11.8 Å². The Balaban J connectivity index is 1.52. The number of nitrogens with zero attached hydrogens (tertiary/aromatic N) is 3. The summed E-state index contributed by atoms with van der Waals surface area (Å²) in [5.74, 6) is 3.59. The first-order chi connectivity index (χ1) is 12.3. The Bertz CT molecular complexity index is 743. The summed E-state index contributed by atoms with van der Waals surface area (Å²) in [6, 6.07) is 6.52. The standard InChI is InChI=1S/C19H22FN3O2/c20-16-1-3-17(4-2-16)23-19(13-7-14-10-25-11-15(14)8-13)21-18(22-23)12-5-6-24-9-12/h1-4,12-15H,5-11H2/t12?,14-,15-/m1/s1. The Morgan fingerprint density at radius 2 is 1.72 bits per heavy atom. The lowest BCUT2D eigenvalue weighted by molar-refractivity contribution is 0.171. The van der Waals surface area contributed by atoms with Crippen LogP contribution in [0.15, 0.2) is 24.3 Å². The maximum atomic E-state index is 13.3. The molecule has 0 N–H and O–H groups in total. The zero-order chi connectivity index (χ0) is 16.8. The molecule has 3 atom stereocenters. The van der Waals surface area contributed by atoms with Crippen LogP contribution in [0.5, 0.6) is 0 Å². The highest BCUT2D eigenvalue weighted by Crippen LogP contribution is 2.45. The highest BCUT2D eigenvalue weighted by molar-refractivity contribution is 5.33. The molecule has 0 radical (unpaired) electrons. The second kappa shape index (κ2) is 6.18. The molecule has 25 heavy (non-hydrogen) atoms. The van der Waals surface area contributed by atoms with Gasteiger partial charge >= 0.3 is 0 Å². The smallest absolute Gasteiger partial charge is 0.156 e. The lowest BCUT2D eigenvalue weighted by Crippen LogP contribution is -2.08. The lowest BCUT2D eigenvalue weighted by Gasteiger charge is -2.12. The first-order valence-corrected chi connectivity index (χ1v) is 9.16. The van der Waals surface area contributed by atoms with E-state index in [1.165, 1.54) is 12.1 Å². The summed E-state index contributed by atoms with van der Waals surface area (Å²) in [7, 11) is 0. The van der Waals surface area contributed by atoms with E-state index in [4.69, 9.17) is 19.6 Å². The number of aromatic nitrogens is 3. The minimum absolute atomic E-state index is 0.234. The number of hydrogen-bond donors (Lipinski definition) is 0. The van der Waals surface area contributed by atoms with Crippen LogP contribution in [0, 0.1) is 17.7 Å². The Morgan fingerprint density at radius 3 is 2.40 bits per heavy atom. The van der Waals surface area contributed by atoms with E-state index in [-0.39, 0.29) is 11.7 Å². The molecule has 132 valence electrons. The molecule has 5 rings (SSSR count). The van der Waals surface area contributed by atoms with Crippen LogP contribution in [0.4, 0.5) is 4.39 Å². The van der Waals surface area contributed by atoms with Crippen LogP contribution in [0.1, 0.15) is 42.7 Å². The normalized spacial score (nSPS) is 29.4. The van der Waals surface area contributed by atoms with Crippen molar-refractivity contribution in [1.29, 1.82) is 0 Å². The third-order valence-electron chi connectivity index (χ3n) is 5.88. The largest absolute Gasteiger partial charge is 0.381 e. The highest BCUT2D eigenvalue weighted by atomic mass is 19.1. The van der Waals surface area contributed by atoms with Crippen molar-refractivity contribution < 1.29 is 13.9 Å². The van der Waals surface area contributed by atoms with Crippen LogP contribution < -0.4 is 0 Å². The van der Waals surface area contributed by atoms with Gasteiger partial charge < -0.3 is 9.47 Å². The summed E-state index contributed by atoms with van der Waals surface area (Å²) in [5.41, 5.74) is 0.877.